The molecule has 2 amide bonds. The quantitative estimate of drug-likeness (QED) is 0.538. The zero-order valence-electron chi connectivity index (χ0n) is 19.4. The fraction of sp³-hybridized carbons (Fsp3) is 0.286. The Balaban J connectivity index is 1.70. The van der Waals surface area contributed by atoms with Gasteiger partial charge in [0.05, 0.1) is 0 Å². The van der Waals surface area contributed by atoms with Crippen LogP contribution in [0.3, 0.4) is 0 Å². The molecule has 0 heterocycles. The highest BCUT2D eigenvalue weighted by molar-refractivity contribution is 6.03. The van der Waals surface area contributed by atoms with Gasteiger partial charge in [0.15, 0.2) is 0 Å². The van der Waals surface area contributed by atoms with E-state index < -0.39 is 0 Å². The molecule has 3 aromatic carbocycles. The maximum Gasteiger partial charge on any atom is 0.251 e. The summed E-state index contributed by atoms with van der Waals surface area (Å²) < 4.78 is 0. The predicted octanol–water partition coefficient (Wildman–Crippen LogP) is 4.87. The molecule has 0 atom stereocenters. The third kappa shape index (κ3) is 5.44. The number of nitrogens with one attached hydrogen (secondary N) is 2. The van der Waals surface area contributed by atoms with Gasteiger partial charge in [0.2, 0.25) is 0 Å². The summed E-state index contributed by atoms with van der Waals surface area (Å²) in [5, 5.41) is 6.09. The highest BCUT2D eigenvalue weighted by atomic mass is 16.2. The molecule has 0 aliphatic heterocycles. The number of amides is 2. The number of hydrogen-bond donors (Lipinski definition) is 2. The van der Waals surface area contributed by atoms with Crippen LogP contribution in [-0.2, 0) is 12.8 Å². The van der Waals surface area contributed by atoms with E-state index in [0.717, 1.165) is 35.1 Å². The number of benzene rings is 3. The van der Waals surface area contributed by atoms with Crippen LogP contribution in [0.1, 0.15) is 54.1 Å². The summed E-state index contributed by atoms with van der Waals surface area (Å²) in [5.74, 6) is -0.170. The van der Waals surface area contributed by atoms with Crippen molar-refractivity contribution in [3.63, 3.8) is 0 Å². The van der Waals surface area contributed by atoms with E-state index in [1.165, 1.54) is 11.1 Å². The first-order chi connectivity index (χ1) is 15.4. The topological polar surface area (TPSA) is 58.2 Å². The average molecular weight is 429 g/mol. The zero-order valence-corrected chi connectivity index (χ0v) is 19.4. The van der Waals surface area contributed by atoms with Gasteiger partial charge in [0, 0.05) is 24.2 Å². The van der Waals surface area contributed by atoms with Gasteiger partial charge in [-0.15, -0.1) is 0 Å². The SMILES string of the molecule is Cc1c(C)c(C(=O)NCCc2ccccc2)c(C)c(C)c1C(=O)NCCc1ccccc1. The Morgan fingerprint density at radius 1 is 0.562 bits per heavy atom. The van der Waals surface area contributed by atoms with Crippen molar-refractivity contribution in [1.29, 1.82) is 0 Å². The van der Waals surface area contributed by atoms with E-state index in [0.29, 0.717) is 24.2 Å². The molecule has 4 nitrogen and oxygen atoms in total. The first-order valence-electron chi connectivity index (χ1n) is 11.1. The van der Waals surface area contributed by atoms with E-state index in [-0.39, 0.29) is 11.8 Å². The third-order valence-electron chi connectivity index (χ3n) is 6.16. The molecular weight excluding hydrogens is 396 g/mol. The summed E-state index contributed by atoms with van der Waals surface area (Å²) in [7, 11) is 0. The highest BCUT2D eigenvalue weighted by Gasteiger charge is 2.22. The molecule has 0 aliphatic rings. The first kappa shape index (κ1) is 23.3. The lowest BCUT2D eigenvalue weighted by Crippen LogP contribution is -2.30. The Morgan fingerprint density at radius 2 is 0.875 bits per heavy atom. The summed E-state index contributed by atoms with van der Waals surface area (Å²) in [6, 6.07) is 20.2. The first-order valence-corrected chi connectivity index (χ1v) is 11.1. The van der Waals surface area contributed by atoms with Gasteiger partial charge in [0.25, 0.3) is 11.8 Å². The van der Waals surface area contributed by atoms with Crippen molar-refractivity contribution in [3.8, 4) is 0 Å². The molecular formula is C28H32N2O2. The monoisotopic (exact) mass is 428 g/mol. The van der Waals surface area contributed by atoms with E-state index in [2.05, 4.69) is 34.9 Å². The Morgan fingerprint density at radius 3 is 1.19 bits per heavy atom. The summed E-state index contributed by atoms with van der Waals surface area (Å²) in [5.41, 5.74) is 7.17. The van der Waals surface area contributed by atoms with Crippen LogP contribution >= 0.6 is 0 Å². The molecule has 0 fully saturated rings. The van der Waals surface area contributed by atoms with Crippen molar-refractivity contribution in [3.05, 3.63) is 105 Å². The molecule has 0 saturated heterocycles. The number of carbonyl (C=O) groups is 2. The second-order valence-electron chi connectivity index (χ2n) is 8.23. The molecule has 0 aromatic heterocycles. The largest absolute Gasteiger partial charge is 0.352 e. The van der Waals surface area contributed by atoms with Crippen molar-refractivity contribution in [2.45, 2.75) is 40.5 Å². The summed E-state index contributed by atoms with van der Waals surface area (Å²) in [6.45, 7) is 8.84. The van der Waals surface area contributed by atoms with Crippen molar-refractivity contribution in [2.24, 2.45) is 0 Å². The smallest absolute Gasteiger partial charge is 0.251 e. The maximum atomic E-state index is 13.0. The number of hydrogen-bond acceptors (Lipinski definition) is 2. The summed E-state index contributed by atoms with van der Waals surface area (Å²) in [6.07, 6.45) is 1.56. The Labute approximate surface area is 191 Å². The lowest BCUT2D eigenvalue weighted by atomic mass is 9.88. The molecule has 2 N–H and O–H groups in total. The van der Waals surface area contributed by atoms with Crippen LogP contribution in [0.2, 0.25) is 0 Å². The summed E-state index contributed by atoms with van der Waals surface area (Å²) >= 11 is 0. The van der Waals surface area contributed by atoms with Crippen LogP contribution < -0.4 is 10.6 Å². The minimum absolute atomic E-state index is 0.0850. The Hall–Kier alpha value is -3.40. The van der Waals surface area contributed by atoms with Crippen LogP contribution in [0.15, 0.2) is 60.7 Å². The minimum Gasteiger partial charge on any atom is -0.352 e. The lowest BCUT2D eigenvalue weighted by molar-refractivity contribution is 0.0939. The van der Waals surface area contributed by atoms with Gasteiger partial charge in [-0.3, -0.25) is 9.59 Å². The van der Waals surface area contributed by atoms with Crippen molar-refractivity contribution in [2.75, 3.05) is 13.1 Å². The van der Waals surface area contributed by atoms with Crippen LogP contribution in [0.4, 0.5) is 0 Å². The number of rotatable bonds is 8. The third-order valence-corrected chi connectivity index (χ3v) is 6.16. The van der Waals surface area contributed by atoms with Gasteiger partial charge in [-0.05, 0) is 73.9 Å². The molecule has 3 rings (SSSR count). The highest BCUT2D eigenvalue weighted by Crippen LogP contribution is 2.27. The van der Waals surface area contributed by atoms with Crippen LogP contribution in [-0.4, -0.2) is 24.9 Å². The van der Waals surface area contributed by atoms with E-state index in [9.17, 15) is 9.59 Å². The Kier molecular flexibility index (Phi) is 7.82. The van der Waals surface area contributed by atoms with E-state index >= 15 is 0 Å². The minimum atomic E-state index is -0.0850. The lowest BCUT2D eigenvalue weighted by Gasteiger charge is -2.20. The molecule has 0 aliphatic carbocycles. The van der Waals surface area contributed by atoms with Crippen molar-refractivity contribution >= 4 is 11.8 Å². The van der Waals surface area contributed by atoms with Crippen LogP contribution in [0, 0.1) is 27.7 Å². The van der Waals surface area contributed by atoms with E-state index in [1.54, 1.807) is 0 Å². The Bertz CT molecular complexity index is 972. The number of carbonyl (C=O) groups excluding carboxylic acids is 2. The molecule has 4 heteroatoms. The molecule has 166 valence electrons. The normalized spacial score (nSPS) is 10.6. The molecule has 0 unspecified atom stereocenters. The molecule has 0 radical (unpaired) electrons. The standard InChI is InChI=1S/C28H32N2O2/c1-19-20(2)26(28(32)30-18-16-24-13-9-6-10-14-24)22(4)21(3)25(19)27(31)29-17-15-23-11-7-5-8-12-23/h5-14H,15-18H2,1-4H3,(H,29,31)(H,30,32). The molecule has 3 aromatic rings. The van der Waals surface area contributed by atoms with Gasteiger partial charge in [-0.2, -0.15) is 0 Å². The van der Waals surface area contributed by atoms with Gasteiger partial charge in [-0.1, -0.05) is 60.7 Å². The molecule has 0 bridgehead atoms. The van der Waals surface area contributed by atoms with Crippen LogP contribution in [0.25, 0.3) is 0 Å². The maximum absolute atomic E-state index is 13.0. The molecule has 0 saturated carbocycles. The summed E-state index contributed by atoms with van der Waals surface area (Å²) in [4.78, 5) is 26.0. The van der Waals surface area contributed by atoms with E-state index in [1.807, 2.05) is 64.1 Å². The van der Waals surface area contributed by atoms with Gasteiger partial charge >= 0.3 is 0 Å². The van der Waals surface area contributed by atoms with Crippen molar-refractivity contribution in [1.82, 2.24) is 10.6 Å². The van der Waals surface area contributed by atoms with Crippen LogP contribution in [0.5, 0.6) is 0 Å². The van der Waals surface area contributed by atoms with Gasteiger partial charge < -0.3 is 10.6 Å². The van der Waals surface area contributed by atoms with Gasteiger partial charge in [0.1, 0.15) is 0 Å². The van der Waals surface area contributed by atoms with Crippen molar-refractivity contribution < 1.29 is 9.59 Å². The molecule has 32 heavy (non-hydrogen) atoms. The second kappa shape index (κ2) is 10.8. The predicted molar refractivity (Wildman–Crippen MR) is 130 cm³/mol. The second-order valence-corrected chi connectivity index (χ2v) is 8.23. The fourth-order valence-corrected chi connectivity index (χ4v) is 4.10. The molecule has 0 spiro atoms. The average Bonchev–Trinajstić information content (AvgIpc) is 2.79. The zero-order chi connectivity index (χ0) is 23.1. The fourth-order valence-electron chi connectivity index (χ4n) is 4.10. The van der Waals surface area contributed by atoms with E-state index in [4.69, 9.17) is 0 Å². The van der Waals surface area contributed by atoms with Gasteiger partial charge in [-0.25, -0.2) is 0 Å².